The first-order chi connectivity index (χ1) is 10.3. The van der Waals surface area contributed by atoms with Gasteiger partial charge in [-0.2, -0.15) is 13.2 Å². The van der Waals surface area contributed by atoms with Crippen molar-refractivity contribution >= 4 is 21.1 Å². The predicted molar refractivity (Wildman–Crippen MR) is 73.8 cm³/mol. The first-order valence-electron chi connectivity index (χ1n) is 6.15. The van der Waals surface area contributed by atoms with Crippen LogP contribution < -0.4 is 0 Å². The number of imidazole rings is 1. The maximum Gasteiger partial charge on any atom is 0.416 e. The number of hydrogen-bond acceptors (Lipinski definition) is 3. The number of nitrogens with zero attached hydrogens (tertiary/aromatic N) is 2. The summed E-state index contributed by atoms with van der Waals surface area (Å²) >= 11 is 0. The monoisotopic (exact) mass is 326 g/mol. The molecule has 1 heterocycles. The van der Waals surface area contributed by atoms with Gasteiger partial charge in [0.05, 0.1) is 21.5 Å². The minimum atomic E-state index is -4.56. The van der Waals surface area contributed by atoms with Crippen LogP contribution in [0.2, 0.25) is 0 Å². The van der Waals surface area contributed by atoms with Crippen LogP contribution in [0.25, 0.3) is 11.0 Å². The molecule has 0 spiro atoms. The largest absolute Gasteiger partial charge is 0.416 e. The number of fused-ring (bicyclic) bond motifs is 1. The van der Waals surface area contributed by atoms with Crippen LogP contribution in [0.5, 0.6) is 0 Å². The van der Waals surface area contributed by atoms with Crippen molar-refractivity contribution in [2.24, 2.45) is 0 Å². The number of rotatable bonds is 2. The lowest BCUT2D eigenvalue weighted by molar-refractivity contribution is -0.137. The zero-order valence-electron chi connectivity index (χ0n) is 10.9. The highest BCUT2D eigenvalue weighted by molar-refractivity contribution is 7.90. The number of hydrogen-bond donors (Lipinski definition) is 0. The molecule has 0 saturated carbocycles. The van der Waals surface area contributed by atoms with E-state index in [4.69, 9.17) is 0 Å². The lowest BCUT2D eigenvalue weighted by Crippen LogP contribution is -2.12. The van der Waals surface area contributed by atoms with Crippen molar-refractivity contribution in [1.82, 2.24) is 8.96 Å². The van der Waals surface area contributed by atoms with Crippen molar-refractivity contribution in [1.29, 1.82) is 0 Å². The molecule has 0 bridgehead atoms. The fourth-order valence-electron chi connectivity index (χ4n) is 2.06. The minimum Gasteiger partial charge on any atom is -0.236 e. The molecule has 0 fully saturated rings. The number of halogens is 3. The molecule has 0 amide bonds. The lowest BCUT2D eigenvalue weighted by atomic mass is 10.2. The van der Waals surface area contributed by atoms with Gasteiger partial charge in [0.25, 0.3) is 10.0 Å². The Morgan fingerprint density at radius 1 is 1.00 bits per heavy atom. The summed E-state index contributed by atoms with van der Waals surface area (Å²) in [6.07, 6.45) is -3.55. The van der Waals surface area contributed by atoms with E-state index >= 15 is 0 Å². The Balaban J connectivity index is 2.24. The fourth-order valence-corrected chi connectivity index (χ4v) is 3.36. The van der Waals surface area contributed by atoms with Gasteiger partial charge in [-0.1, -0.05) is 18.2 Å². The average Bonchev–Trinajstić information content (AvgIpc) is 2.91. The van der Waals surface area contributed by atoms with Gasteiger partial charge < -0.3 is 0 Å². The van der Waals surface area contributed by atoms with Gasteiger partial charge in [-0.25, -0.2) is 17.4 Å². The van der Waals surface area contributed by atoms with Gasteiger partial charge in [0, 0.05) is 0 Å². The molecule has 0 unspecified atom stereocenters. The Kier molecular flexibility index (Phi) is 3.21. The van der Waals surface area contributed by atoms with Crippen molar-refractivity contribution in [2.75, 3.05) is 0 Å². The smallest absolute Gasteiger partial charge is 0.236 e. The third kappa shape index (κ3) is 2.35. The van der Waals surface area contributed by atoms with E-state index in [0.29, 0.717) is 0 Å². The molecule has 0 aliphatic heterocycles. The number of benzene rings is 2. The van der Waals surface area contributed by atoms with Gasteiger partial charge in [-0.05, 0) is 30.3 Å². The van der Waals surface area contributed by atoms with E-state index in [1.165, 1.54) is 24.3 Å². The molecular weight excluding hydrogens is 317 g/mol. The van der Waals surface area contributed by atoms with Gasteiger partial charge in [0.1, 0.15) is 6.33 Å². The van der Waals surface area contributed by atoms with E-state index in [2.05, 4.69) is 4.98 Å². The molecule has 1 aromatic heterocycles. The van der Waals surface area contributed by atoms with Gasteiger partial charge in [-0.15, -0.1) is 0 Å². The topological polar surface area (TPSA) is 52.0 Å². The molecule has 22 heavy (non-hydrogen) atoms. The fraction of sp³-hybridized carbons (Fsp3) is 0.0714. The summed E-state index contributed by atoms with van der Waals surface area (Å²) in [6.45, 7) is 0. The zero-order chi connectivity index (χ0) is 16.0. The summed E-state index contributed by atoms with van der Waals surface area (Å²) in [4.78, 5) is 3.83. The molecule has 8 heteroatoms. The second-order valence-electron chi connectivity index (χ2n) is 4.56. The average molecular weight is 326 g/mol. The zero-order valence-corrected chi connectivity index (χ0v) is 11.8. The SMILES string of the molecule is O=S(=O)(c1ccccc1)n1cnc2ccc(C(F)(F)F)cc21. The predicted octanol–water partition coefficient (Wildman–Crippen LogP) is 3.29. The summed E-state index contributed by atoms with van der Waals surface area (Å²) in [5.41, 5.74) is -0.865. The molecule has 3 aromatic rings. The summed E-state index contributed by atoms with van der Waals surface area (Å²) in [7, 11) is -4.00. The molecule has 0 N–H and O–H groups in total. The van der Waals surface area contributed by atoms with Crippen LogP contribution in [0, 0.1) is 0 Å². The molecule has 0 radical (unpaired) electrons. The van der Waals surface area contributed by atoms with Crippen molar-refractivity contribution in [3.63, 3.8) is 0 Å². The highest BCUT2D eigenvalue weighted by atomic mass is 32.2. The van der Waals surface area contributed by atoms with Crippen molar-refractivity contribution in [2.45, 2.75) is 11.1 Å². The molecule has 114 valence electrons. The molecule has 4 nitrogen and oxygen atoms in total. The van der Waals surface area contributed by atoms with E-state index in [1.54, 1.807) is 6.07 Å². The van der Waals surface area contributed by atoms with Crippen LogP contribution in [-0.2, 0) is 16.2 Å². The minimum absolute atomic E-state index is 0.0216. The summed E-state index contributed by atoms with van der Waals surface area (Å²) in [5, 5.41) is 0. The second kappa shape index (κ2) is 4.84. The van der Waals surface area contributed by atoms with Crippen molar-refractivity contribution < 1.29 is 21.6 Å². The molecule has 0 aliphatic rings. The first-order valence-corrected chi connectivity index (χ1v) is 7.59. The molecular formula is C14H9F3N2O2S. The Morgan fingerprint density at radius 2 is 1.68 bits per heavy atom. The van der Waals surface area contributed by atoms with Crippen LogP contribution in [-0.4, -0.2) is 17.4 Å². The molecule has 0 saturated heterocycles. The summed E-state index contributed by atoms with van der Waals surface area (Å²) < 4.78 is 64.2. The Morgan fingerprint density at radius 3 is 2.32 bits per heavy atom. The van der Waals surface area contributed by atoms with E-state index in [9.17, 15) is 21.6 Å². The summed E-state index contributed by atoms with van der Waals surface area (Å²) in [5.74, 6) is 0. The van der Waals surface area contributed by atoms with Crippen molar-refractivity contribution in [3.05, 3.63) is 60.4 Å². The van der Waals surface area contributed by atoms with Crippen LogP contribution >= 0.6 is 0 Å². The molecule has 0 atom stereocenters. The Bertz CT molecular complexity index is 932. The van der Waals surface area contributed by atoms with Gasteiger partial charge in [0.15, 0.2) is 0 Å². The Labute approximate surface area is 123 Å². The summed E-state index contributed by atoms with van der Waals surface area (Å²) in [6, 6.07) is 10.3. The standard InChI is InChI=1S/C14H9F3N2O2S/c15-14(16,17)10-6-7-12-13(8-10)19(9-18-12)22(20,21)11-4-2-1-3-5-11/h1-9H. The van der Waals surface area contributed by atoms with Gasteiger partial charge >= 0.3 is 6.18 Å². The van der Waals surface area contributed by atoms with Crippen LogP contribution in [0.1, 0.15) is 5.56 Å². The van der Waals surface area contributed by atoms with E-state index in [-0.39, 0.29) is 15.9 Å². The third-order valence-corrected chi connectivity index (χ3v) is 4.82. The lowest BCUT2D eigenvalue weighted by Gasteiger charge is -2.09. The van der Waals surface area contributed by atoms with Crippen LogP contribution in [0.15, 0.2) is 59.8 Å². The van der Waals surface area contributed by atoms with E-state index in [1.807, 2.05) is 0 Å². The maximum atomic E-state index is 12.8. The maximum absolute atomic E-state index is 12.8. The van der Waals surface area contributed by atoms with Crippen LogP contribution in [0.4, 0.5) is 13.2 Å². The van der Waals surface area contributed by atoms with Crippen molar-refractivity contribution in [3.8, 4) is 0 Å². The second-order valence-corrected chi connectivity index (χ2v) is 6.37. The normalized spacial score (nSPS) is 12.7. The number of aromatic nitrogens is 2. The van der Waals surface area contributed by atoms with E-state index < -0.39 is 21.8 Å². The first kappa shape index (κ1) is 14.6. The Hall–Kier alpha value is -2.35. The molecule has 2 aromatic carbocycles. The molecule has 0 aliphatic carbocycles. The van der Waals surface area contributed by atoms with Gasteiger partial charge in [0.2, 0.25) is 0 Å². The third-order valence-electron chi connectivity index (χ3n) is 3.14. The van der Waals surface area contributed by atoms with Crippen LogP contribution in [0.3, 0.4) is 0 Å². The number of alkyl halides is 3. The van der Waals surface area contributed by atoms with E-state index in [0.717, 1.165) is 28.5 Å². The molecule has 3 rings (SSSR count). The highest BCUT2D eigenvalue weighted by Gasteiger charge is 2.31. The quantitative estimate of drug-likeness (QED) is 0.726. The van der Waals surface area contributed by atoms with Gasteiger partial charge in [-0.3, -0.25) is 0 Å². The highest BCUT2D eigenvalue weighted by Crippen LogP contribution is 2.32.